The van der Waals surface area contributed by atoms with Gasteiger partial charge in [-0.2, -0.15) is 4.98 Å². The fourth-order valence-corrected chi connectivity index (χ4v) is 4.13. The van der Waals surface area contributed by atoms with Crippen LogP contribution in [0.1, 0.15) is 6.42 Å². The SMILES string of the molecule is Cn1nc(-c2ccc(N3CCC(C(F)F)C3)nc2)nc1Nc1ccc(-c2ccnc(N)c2F)c(F)c1. The number of rotatable bonds is 6. The topological polar surface area (TPSA) is 97.8 Å². The van der Waals surface area contributed by atoms with E-state index < -0.39 is 24.0 Å². The molecular weight excluding hydrogens is 476 g/mol. The van der Waals surface area contributed by atoms with E-state index in [2.05, 4.69) is 25.4 Å². The molecule has 5 rings (SSSR count). The maximum atomic E-state index is 14.8. The zero-order valence-electron chi connectivity index (χ0n) is 19.2. The van der Waals surface area contributed by atoms with Gasteiger partial charge in [0.15, 0.2) is 17.5 Å². The van der Waals surface area contributed by atoms with Crippen LogP contribution in [-0.4, -0.2) is 44.2 Å². The summed E-state index contributed by atoms with van der Waals surface area (Å²) >= 11 is 0. The van der Waals surface area contributed by atoms with Crippen LogP contribution in [0.2, 0.25) is 0 Å². The molecule has 36 heavy (non-hydrogen) atoms. The van der Waals surface area contributed by atoms with Crippen LogP contribution in [0.3, 0.4) is 0 Å². The molecule has 1 aliphatic heterocycles. The summed E-state index contributed by atoms with van der Waals surface area (Å²) in [5.41, 5.74) is 6.58. The summed E-state index contributed by atoms with van der Waals surface area (Å²) in [6.07, 6.45) is 1.00. The molecule has 0 aliphatic carbocycles. The monoisotopic (exact) mass is 498 g/mol. The Morgan fingerprint density at radius 1 is 1.08 bits per heavy atom. The van der Waals surface area contributed by atoms with Crippen LogP contribution in [-0.2, 0) is 7.05 Å². The smallest absolute Gasteiger partial charge is 0.243 e. The molecule has 3 aromatic heterocycles. The van der Waals surface area contributed by atoms with Crippen molar-refractivity contribution in [3.63, 3.8) is 0 Å². The van der Waals surface area contributed by atoms with Gasteiger partial charge < -0.3 is 16.0 Å². The van der Waals surface area contributed by atoms with Crippen molar-refractivity contribution in [2.45, 2.75) is 12.8 Å². The number of hydrogen-bond donors (Lipinski definition) is 2. The third kappa shape index (κ3) is 4.53. The number of aryl methyl sites for hydroxylation is 1. The number of nitrogens with two attached hydrogens (primary N) is 1. The number of halogens is 4. The first-order valence-corrected chi connectivity index (χ1v) is 11.2. The average Bonchev–Trinajstić information content (AvgIpc) is 3.49. The summed E-state index contributed by atoms with van der Waals surface area (Å²) in [4.78, 5) is 14.3. The Bertz CT molecular complexity index is 1390. The minimum atomic E-state index is -2.34. The second kappa shape index (κ2) is 9.44. The van der Waals surface area contributed by atoms with Crippen molar-refractivity contribution in [3.8, 4) is 22.5 Å². The zero-order valence-corrected chi connectivity index (χ0v) is 19.2. The highest BCUT2D eigenvalue weighted by molar-refractivity contribution is 5.70. The number of alkyl halides is 2. The highest BCUT2D eigenvalue weighted by Gasteiger charge is 2.30. The number of pyridine rings is 2. The Balaban J connectivity index is 1.32. The maximum Gasteiger partial charge on any atom is 0.243 e. The van der Waals surface area contributed by atoms with E-state index in [0.717, 1.165) is 0 Å². The Morgan fingerprint density at radius 2 is 1.92 bits per heavy atom. The van der Waals surface area contributed by atoms with E-state index in [-0.39, 0.29) is 23.5 Å². The summed E-state index contributed by atoms with van der Waals surface area (Å²) in [6, 6.07) is 9.13. The number of nitrogen functional groups attached to an aromatic ring is 1. The number of anilines is 4. The van der Waals surface area contributed by atoms with Gasteiger partial charge in [-0.05, 0) is 42.8 Å². The first-order valence-electron chi connectivity index (χ1n) is 11.2. The Labute approximate surface area is 203 Å². The lowest BCUT2D eigenvalue weighted by Crippen LogP contribution is -2.22. The van der Waals surface area contributed by atoms with E-state index in [1.807, 2.05) is 4.90 Å². The summed E-state index contributed by atoms with van der Waals surface area (Å²) in [5, 5.41) is 7.37. The van der Waals surface area contributed by atoms with Crippen molar-refractivity contribution < 1.29 is 17.6 Å². The van der Waals surface area contributed by atoms with Gasteiger partial charge in [-0.15, -0.1) is 5.10 Å². The number of nitrogens with zero attached hydrogens (tertiary/aromatic N) is 6. The minimum absolute atomic E-state index is 0.0158. The lowest BCUT2D eigenvalue weighted by molar-refractivity contribution is 0.0880. The molecule has 1 saturated heterocycles. The van der Waals surface area contributed by atoms with Crippen LogP contribution < -0.4 is 16.0 Å². The third-order valence-corrected chi connectivity index (χ3v) is 6.11. The summed E-state index contributed by atoms with van der Waals surface area (Å²) in [7, 11) is 1.68. The molecule has 186 valence electrons. The van der Waals surface area contributed by atoms with Gasteiger partial charge in [0.2, 0.25) is 12.4 Å². The fourth-order valence-electron chi connectivity index (χ4n) is 4.13. The lowest BCUT2D eigenvalue weighted by Gasteiger charge is -2.17. The van der Waals surface area contributed by atoms with Gasteiger partial charge in [0.05, 0.1) is 0 Å². The lowest BCUT2D eigenvalue weighted by atomic mass is 10.1. The molecule has 8 nitrogen and oxygen atoms in total. The molecule has 1 atom stereocenters. The number of nitrogens with one attached hydrogen (secondary N) is 1. The average molecular weight is 498 g/mol. The van der Waals surface area contributed by atoms with Crippen LogP contribution in [0.15, 0.2) is 48.8 Å². The van der Waals surface area contributed by atoms with E-state index in [0.29, 0.717) is 41.8 Å². The minimum Gasteiger partial charge on any atom is -0.381 e. The van der Waals surface area contributed by atoms with Gasteiger partial charge in [0.25, 0.3) is 0 Å². The zero-order chi connectivity index (χ0) is 25.4. The van der Waals surface area contributed by atoms with Crippen molar-refractivity contribution >= 4 is 23.3 Å². The van der Waals surface area contributed by atoms with Crippen molar-refractivity contribution in [1.29, 1.82) is 0 Å². The Kier molecular flexibility index (Phi) is 6.17. The first-order chi connectivity index (χ1) is 17.3. The van der Waals surface area contributed by atoms with E-state index in [4.69, 9.17) is 5.73 Å². The van der Waals surface area contributed by atoms with Gasteiger partial charge in [-0.1, -0.05) is 0 Å². The third-order valence-electron chi connectivity index (χ3n) is 6.11. The molecule has 12 heteroatoms. The summed E-state index contributed by atoms with van der Waals surface area (Å²) in [6.45, 7) is 0.810. The number of hydrogen-bond acceptors (Lipinski definition) is 7. The van der Waals surface area contributed by atoms with Crippen molar-refractivity contribution in [1.82, 2.24) is 24.7 Å². The molecule has 0 saturated carbocycles. The summed E-state index contributed by atoms with van der Waals surface area (Å²) < 4.78 is 56.4. The van der Waals surface area contributed by atoms with E-state index in [9.17, 15) is 17.6 Å². The van der Waals surface area contributed by atoms with Crippen molar-refractivity contribution in [2.24, 2.45) is 13.0 Å². The molecule has 4 heterocycles. The molecular formula is C24H22F4N8. The molecule has 0 radical (unpaired) electrons. The predicted molar refractivity (Wildman–Crippen MR) is 128 cm³/mol. The van der Waals surface area contributed by atoms with Crippen molar-refractivity contribution in [3.05, 3.63) is 60.4 Å². The first kappa shape index (κ1) is 23.5. The molecule has 1 fully saturated rings. The number of aromatic nitrogens is 5. The van der Waals surface area contributed by atoms with Crippen molar-refractivity contribution in [2.75, 3.05) is 29.0 Å². The van der Waals surface area contributed by atoms with Crippen LogP contribution >= 0.6 is 0 Å². The van der Waals surface area contributed by atoms with Gasteiger partial charge in [0, 0.05) is 60.8 Å². The molecule has 0 amide bonds. The van der Waals surface area contributed by atoms with Gasteiger partial charge in [0.1, 0.15) is 11.6 Å². The normalized spacial score (nSPS) is 15.6. The quantitative estimate of drug-likeness (QED) is 0.374. The standard InChI is InChI=1S/C24H22F4N8/c1-35-24(32-15-3-4-16(18(25)10-15)17-6-8-30-22(29)20(17)26)33-23(34-35)13-2-5-19(31-11-13)36-9-7-14(12-36)21(27)28/h2-6,8,10-11,14,21H,7,9,12H2,1H3,(H2,29,30)(H,32,33,34). The Morgan fingerprint density at radius 3 is 2.61 bits per heavy atom. The van der Waals surface area contributed by atoms with Gasteiger partial charge in [-0.25, -0.2) is 32.2 Å². The molecule has 0 spiro atoms. The fraction of sp³-hybridized carbons (Fsp3) is 0.250. The highest BCUT2D eigenvalue weighted by Crippen LogP contribution is 2.31. The van der Waals surface area contributed by atoms with E-state index in [1.54, 1.807) is 31.4 Å². The van der Waals surface area contributed by atoms with Crippen LogP contribution in [0.4, 0.5) is 40.8 Å². The number of benzene rings is 1. The molecule has 4 aromatic rings. The van der Waals surface area contributed by atoms with Crippen LogP contribution in [0.25, 0.3) is 22.5 Å². The molecule has 1 aromatic carbocycles. The summed E-state index contributed by atoms with van der Waals surface area (Å²) in [5.74, 6) is -1.02. The van der Waals surface area contributed by atoms with Crippen LogP contribution in [0.5, 0.6) is 0 Å². The van der Waals surface area contributed by atoms with Crippen LogP contribution in [0, 0.1) is 17.6 Å². The highest BCUT2D eigenvalue weighted by atomic mass is 19.3. The molecule has 3 N–H and O–H groups in total. The Hall–Kier alpha value is -4.22. The van der Waals surface area contributed by atoms with E-state index >= 15 is 0 Å². The van der Waals surface area contributed by atoms with E-state index in [1.165, 1.54) is 29.1 Å². The molecule has 1 aliphatic rings. The predicted octanol–water partition coefficient (Wildman–Crippen LogP) is 4.63. The molecule has 0 bridgehead atoms. The second-order valence-corrected chi connectivity index (χ2v) is 8.49. The second-order valence-electron chi connectivity index (χ2n) is 8.49. The largest absolute Gasteiger partial charge is 0.381 e. The molecule has 1 unspecified atom stereocenters. The van der Waals surface area contributed by atoms with Gasteiger partial charge in [-0.3, -0.25) is 0 Å². The van der Waals surface area contributed by atoms with Gasteiger partial charge >= 0.3 is 0 Å². The maximum absolute atomic E-state index is 14.8.